The molecule has 4 heteroatoms. The molecule has 0 radical (unpaired) electrons. The lowest BCUT2D eigenvalue weighted by Crippen LogP contribution is -2.48. The Morgan fingerprint density at radius 1 is 1.53 bits per heavy atom. The maximum absolute atomic E-state index is 11.8. The number of carbonyl (C=O) groups excluding carboxylic acids is 1. The second kappa shape index (κ2) is 5.29. The van der Waals surface area contributed by atoms with Crippen molar-refractivity contribution in [2.75, 3.05) is 6.54 Å². The third kappa shape index (κ3) is 3.05. The average molecular weight is 234 g/mol. The smallest absolute Gasteiger partial charge is 0.237 e. The molecule has 2 atom stereocenters. The van der Waals surface area contributed by atoms with Gasteiger partial charge in [0.25, 0.3) is 0 Å². The fourth-order valence-corrected chi connectivity index (χ4v) is 2.01. The summed E-state index contributed by atoms with van der Waals surface area (Å²) < 4.78 is 0. The molecule has 1 heterocycles. The van der Waals surface area contributed by atoms with E-state index < -0.39 is 6.10 Å². The largest absolute Gasteiger partial charge is 0.392 e. The number of hydrogen-bond acceptors (Lipinski definition) is 3. The van der Waals surface area contributed by atoms with Crippen LogP contribution in [0.25, 0.3) is 0 Å². The van der Waals surface area contributed by atoms with Crippen molar-refractivity contribution in [1.82, 2.24) is 10.6 Å². The minimum Gasteiger partial charge on any atom is -0.392 e. The first-order chi connectivity index (χ1) is 8.16. The van der Waals surface area contributed by atoms with E-state index in [4.69, 9.17) is 5.11 Å². The van der Waals surface area contributed by atoms with E-state index in [0.717, 1.165) is 6.54 Å². The third-order valence-corrected chi connectivity index (χ3v) is 2.97. The number of amides is 1. The number of benzene rings is 1. The van der Waals surface area contributed by atoms with Crippen LogP contribution in [0.1, 0.15) is 18.1 Å². The van der Waals surface area contributed by atoms with Crippen molar-refractivity contribution < 1.29 is 9.90 Å². The van der Waals surface area contributed by atoms with Crippen LogP contribution in [0, 0.1) is 0 Å². The molecule has 0 bridgehead atoms. The van der Waals surface area contributed by atoms with Crippen LogP contribution in [0.3, 0.4) is 0 Å². The molecule has 0 aliphatic carbocycles. The Balaban J connectivity index is 1.95. The van der Waals surface area contributed by atoms with Crippen LogP contribution in [-0.4, -0.2) is 29.7 Å². The summed E-state index contributed by atoms with van der Waals surface area (Å²) in [5.41, 5.74) is 2.48. The number of hydrogen-bond donors (Lipinski definition) is 3. The first kappa shape index (κ1) is 12.1. The Morgan fingerprint density at radius 2 is 2.24 bits per heavy atom. The van der Waals surface area contributed by atoms with Gasteiger partial charge in [0, 0.05) is 13.1 Å². The van der Waals surface area contributed by atoms with Crippen molar-refractivity contribution in [3.05, 3.63) is 35.4 Å². The molecule has 0 unspecified atom stereocenters. The molecule has 1 aliphatic rings. The second-order valence-corrected chi connectivity index (χ2v) is 4.50. The highest BCUT2D eigenvalue weighted by Crippen LogP contribution is 2.16. The first-order valence-corrected chi connectivity index (χ1v) is 5.93. The maximum atomic E-state index is 11.8. The summed E-state index contributed by atoms with van der Waals surface area (Å²) in [6.07, 6.45) is 0.205. The summed E-state index contributed by atoms with van der Waals surface area (Å²) in [5.74, 6) is -0.0413. The number of aliphatic hydroxyl groups excluding tert-OH is 1. The summed E-state index contributed by atoms with van der Waals surface area (Å²) in [6, 6.07) is 7.95. The average Bonchev–Trinajstić information content (AvgIpc) is 2.35. The Labute approximate surface area is 101 Å². The highest BCUT2D eigenvalue weighted by Gasteiger charge is 2.23. The number of carbonyl (C=O) groups is 1. The van der Waals surface area contributed by atoms with Gasteiger partial charge in [0.05, 0.1) is 12.1 Å². The van der Waals surface area contributed by atoms with Gasteiger partial charge in [0.2, 0.25) is 5.91 Å². The highest BCUT2D eigenvalue weighted by atomic mass is 16.3. The Kier molecular flexibility index (Phi) is 3.76. The van der Waals surface area contributed by atoms with E-state index in [1.54, 1.807) is 6.92 Å². The van der Waals surface area contributed by atoms with Gasteiger partial charge in [-0.05, 0) is 24.5 Å². The zero-order valence-electron chi connectivity index (χ0n) is 9.94. The molecular formula is C13H18N2O2. The Morgan fingerprint density at radius 3 is 2.94 bits per heavy atom. The molecule has 2 rings (SSSR count). The minimum atomic E-state index is -0.505. The molecule has 1 aromatic rings. The van der Waals surface area contributed by atoms with Gasteiger partial charge in [-0.3, -0.25) is 4.79 Å². The first-order valence-electron chi connectivity index (χ1n) is 5.93. The van der Waals surface area contributed by atoms with E-state index in [1.807, 2.05) is 12.1 Å². The number of rotatable bonds is 3. The highest BCUT2D eigenvalue weighted by molar-refractivity contribution is 5.82. The van der Waals surface area contributed by atoms with Crippen LogP contribution in [0.5, 0.6) is 0 Å². The van der Waals surface area contributed by atoms with Gasteiger partial charge in [-0.1, -0.05) is 24.3 Å². The predicted octanol–water partition coefficient (Wildman–Crippen LogP) is 0.198. The van der Waals surface area contributed by atoms with E-state index in [0.29, 0.717) is 13.0 Å². The van der Waals surface area contributed by atoms with E-state index in [1.165, 1.54) is 11.1 Å². The van der Waals surface area contributed by atoms with Crippen LogP contribution in [0.15, 0.2) is 24.3 Å². The SMILES string of the molecule is C[C@H](O)CNC(=O)[C@H]1Cc2ccccc2CN1. The van der Waals surface area contributed by atoms with E-state index in [2.05, 4.69) is 22.8 Å². The van der Waals surface area contributed by atoms with Gasteiger partial charge in [-0.2, -0.15) is 0 Å². The topological polar surface area (TPSA) is 61.4 Å². The van der Waals surface area contributed by atoms with E-state index in [-0.39, 0.29) is 11.9 Å². The Hall–Kier alpha value is -1.39. The molecule has 92 valence electrons. The summed E-state index contributed by atoms with van der Waals surface area (Å²) in [6.45, 7) is 2.69. The fraction of sp³-hybridized carbons (Fsp3) is 0.462. The molecule has 0 fully saturated rings. The third-order valence-electron chi connectivity index (χ3n) is 2.97. The standard InChI is InChI=1S/C13H18N2O2/c1-9(16)7-15-13(17)12-6-10-4-2-3-5-11(10)8-14-12/h2-5,9,12,14,16H,6-8H2,1H3,(H,15,17)/t9-,12+/m0/s1. The molecular weight excluding hydrogens is 216 g/mol. The van der Waals surface area contributed by atoms with Crippen molar-refractivity contribution in [2.45, 2.75) is 32.0 Å². The molecule has 0 spiro atoms. The number of fused-ring (bicyclic) bond motifs is 1. The van der Waals surface area contributed by atoms with Crippen molar-refractivity contribution in [3.63, 3.8) is 0 Å². The number of aliphatic hydroxyl groups is 1. The molecule has 0 aromatic heterocycles. The molecule has 3 N–H and O–H groups in total. The molecule has 0 saturated heterocycles. The predicted molar refractivity (Wildman–Crippen MR) is 65.5 cm³/mol. The van der Waals surface area contributed by atoms with Crippen LogP contribution in [0.2, 0.25) is 0 Å². The molecule has 1 aliphatic heterocycles. The minimum absolute atomic E-state index is 0.0413. The van der Waals surface area contributed by atoms with Crippen LogP contribution in [-0.2, 0) is 17.8 Å². The second-order valence-electron chi connectivity index (χ2n) is 4.50. The van der Waals surface area contributed by atoms with Gasteiger partial charge in [0.15, 0.2) is 0 Å². The lowest BCUT2D eigenvalue weighted by atomic mass is 9.95. The summed E-state index contributed by atoms with van der Waals surface area (Å²) in [5, 5.41) is 15.1. The fourth-order valence-electron chi connectivity index (χ4n) is 2.01. The molecule has 1 amide bonds. The molecule has 17 heavy (non-hydrogen) atoms. The van der Waals surface area contributed by atoms with Gasteiger partial charge >= 0.3 is 0 Å². The zero-order chi connectivity index (χ0) is 12.3. The zero-order valence-corrected chi connectivity index (χ0v) is 9.94. The van der Waals surface area contributed by atoms with Gasteiger partial charge < -0.3 is 15.7 Å². The summed E-state index contributed by atoms with van der Waals surface area (Å²) in [7, 11) is 0. The van der Waals surface area contributed by atoms with E-state index in [9.17, 15) is 4.79 Å². The van der Waals surface area contributed by atoms with Gasteiger partial charge in [0.1, 0.15) is 0 Å². The summed E-state index contributed by atoms with van der Waals surface area (Å²) >= 11 is 0. The monoisotopic (exact) mass is 234 g/mol. The van der Waals surface area contributed by atoms with Crippen molar-refractivity contribution in [1.29, 1.82) is 0 Å². The van der Waals surface area contributed by atoms with Crippen molar-refractivity contribution >= 4 is 5.91 Å². The van der Waals surface area contributed by atoms with Crippen LogP contribution >= 0.6 is 0 Å². The lowest BCUT2D eigenvalue weighted by Gasteiger charge is -2.25. The quantitative estimate of drug-likeness (QED) is 0.700. The molecule has 0 saturated carbocycles. The molecule has 4 nitrogen and oxygen atoms in total. The lowest BCUT2D eigenvalue weighted by molar-refractivity contribution is -0.123. The Bertz CT molecular complexity index is 404. The van der Waals surface area contributed by atoms with Gasteiger partial charge in [-0.25, -0.2) is 0 Å². The van der Waals surface area contributed by atoms with Crippen molar-refractivity contribution in [2.24, 2.45) is 0 Å². The number of nitrogens with one attached hydrogen (secondary N) is 2. The van der Waals surface area contributed by atoms with Crippen LogP contribution < -0.4 is 10.6 Å². The molecule has 1 aromatic carbocycles. The van der Waals surface area contributed by atoms with Crippen molar-refractivity contribution in [3.8, 4) is 0 Å². The normalized spacial score (nSPS) is 20.5. The maximum Gasteiger partial charge on any atom is 0.237 e. The van der Waals surface area contributed by atoms with Gasteiger partial charge in [-0.15, -0.1) is 0 Å². The van der Waals surface area contributed by atoms with E-state index >= 15 is 0 Å². The van der Waals surface area contributed by atoms with Crippen LogP contribution in [0.4, 0.5) is 0 Å². The summed E-state index contributed by atoms with van der Waals surface area (Å²) in [4.78, 5) is 11.8.